The number of carboxylic acids is 1. The van der Waals surface area contributed by atoms with E-state index in [0.717, 1.165) is 0 Å². The third kappa shape index (κ3) is 4.17. The summed E-state index contributed by atoms with van der Waals surface area (Å²) in [6.07, 6.45) is 0.975. The van der Waals surface area contributed by atoms with Gasteiger partial charge in [-0.05, 0) is 47.0 Å². The van der Waals surface area contributed by atoms with Crippen LogP contribution in [0.25, 0.3) is 0 Å². The molecule has 1 aromatic rings. The van der Waals surface area contributed by atoms with Crippen molar-refractivity contribution in [2.75, 3.05) is 25.0 Å². The van der Waals surface area contributed by atoms with Gasteiger partial charge in [-0.1, -0.05) is 0 Å². The first-order chi connectivity index (χ1) is 9.97. The average Bonchev–Trinajstić information content (AvgIpc) is 2.46. The molecule has 114 valence electrons. The van der Waals surface area contributed by atoms with Gasteiger partial charge in [-0.15, -0.1) is 0 Å². The Balaban J connectivity index is 1.84. The standard InChI is InChI=1S/C14H16BrFN2O3/c15-11-7-10(16)1-2-12(11)17-8-13(19)18-5-3-9(4-6-18)14(20)21/h1-2,7,9,17H,3-6,8H2,(H,20,21). The molecule has 0 aromatic heterocycles. The molecule has 1 heterocycles. The molecule has 1 aromatic carbocycles. The van der Waals surface area contributed by atoms with Crippen LogP contribution in [0.2, 0.25) is 0 Å². The fraction of sp³-hybridized carbons (Fsp3) is 0.429. The van der Waals surface area contributed by atoms with E-state index in [-0.39, 0.29) is 24.2 Å². The van der Waals surface area contributed by atoms with Crippen molar-refractivity contribution in [2.45, 2.75) is 12.8 Å². The second-order valence-corrected chi connectivity index (χ2v) is 5.83. The van der Waals surface area contributed by atoms with E-state index < -0.39 is 5.97 Å². The fourth-order valence-electron chi connectivity index (χ4n) is 2.29. The summed E-state index contributed by atoms with van der Waals surface area (Å²) in [5.41, 5.74) is 0.644. The number of hydrogen-bond donors (Lipinski definition) is 2. The Morgan fingerprint density at radius 3 is 2.62 bits per heavy atom. The van der Waals surface area contributed by atoms with E-state index in [9.17, 15) is 14.0 Å². The molecule has 7 heteroatoms. The van der Waals surface area contributed by atoms with Crippen molar-refractivity contribution >= 4 is 33.5 Å². The van der Waals surface area contributed by atoms with Crippen LogP contribution >= 0.6 is 15.9 Å². The van der Waals surface area contributed by atoms with Crippen LogP contribution in [0.4, 0.5) is 10.1 Å². The van der Waals surface area contributed by atoms with Crippen molar-refractivity contribution in [1.82, 2.24) is 4.90 Å². The average molecular weight is 359 g/mol. The molecule has 0 atom stereocenters. The maximum Gasteiger partial charge on any atom is 0.306 e. The minimum absolute atomic E-state index is 0.0879. The van der Waals surface area contributed by atoms with Crippen LogP contribution in [0.5, 0.6) is 0 Å². The third-order valence-electron chi connectivity index (χ3n) is 3.56. The summed E-state index contributed by atoms with van der Waals surface area (Å²) < 4.78 is 13.5. The van der Waals surface area contributed by atoms with Gasteiger partial charge >= 0.3 is 5.97 Å². The lowest BCUT2D eigenvalue weighted by Gasteiger charge is -2.30. The Bertz CT molecular complexity index is 545. The number of carboxylic acid groups (broad SMARTS) is 1. The zero-order chi connectivity index (χ0) is 15.4. The maximum atomic E-state index is 13.0. The molecule has 5 nitrogen and oxygen atoms in total. The molecule has 21 heavy (non-hydrogen) atoms. The quantitative estimate of drug-likeness (QED) is 0.866. The largest absolute Gasteiger partial charge is 0.481 e. The molecule has 1 aliphatic heterocycles. The molecule has 2 rings (SSSR count). The number of anilines is 1. The highest BCUT2D eigenvalue weighted by molar-refractivity contribution is 9.10. The molecular weight excluding hydrogens is 343 g/mol. The van der Waals surface area contributed by atoms with Gasteiger partial charge in [0.05, 0.1) is 12.5 Å². The summed E-state index contributed by atoms with van der Waals surface area (Å²) in [6, 6.07) is 4.20. The van der Waals surface area contributed by atoms with Crippen molar-refractivity contribution in [3.63, 3.8) is 0 Å². The van der Waals surface area contributed by atoms with E-state index in [0.29, 0.717) is 36.1 Å². The lowest BCUT2D eigenvalue weighted by Crippen LogP contribution is -2.42. The van der Waals surface area contributed by atoms with Gasteiger partial charge in [0.1, 0.15) is 5.82 Å². The van der Waals surface area contributed by atoms with E-state index >= 15 is 0 Å². The summed E-state index contributed by atoms with van der Waals surface area (Å²) in [7, 11) is 0. The monoisotopic (exact) mass is 358 g/mol. The molecule has 0 bridgehead atoms. The number of hydrogen-bond acceptors (Lipinski definition) is 3. The smallest absolute Gasteiger partial charge is 0.306 e. The van der Waals surface area contributed by atoms with Gasteiger partial charge in [0.15, 0.2) is 0 Å². The lowest BCUT2D eigenvalue weighted by molar-refractivity contribution is -0.145. The van der Waals surface area contributed by atoms with Crippen molar-refractivity contribution in [3.05, 3.63) is 28.5 Å². The molecule has 0 radical (unpaired) electrons. The van der Waals surface area contributed by atoms with E-state index in [4.69, 9.17) is 5.11 Å². The fourth-order valence-corrected chi connectivity index (χ4v) is 2.78. The van der Waals surface area contributed by atoms with Gasteiger partial charge in [0, 0.05) is 23.2 Å². The Kier molecular flexibility index (Phi) is 5.17. The number of aliphatic carboxylic acids is 1. The SMILES string of the molecule is O=C(O)C1CCN(C(=O)CNc2ccc(F)cc2Br)CC1. The Morgan fingerprint density at radius 2 is 2.05 bits per heavy atom. The minimum atomic E-state index is -0.796. The van der Waals surface area contributed by atoms with Gasteiger partial charge in [-0.2, -0.15) is 0 Å². The summed E-state index contributed by atoms with van der Waals surface area (Å²) >= 11 is 3.22. The van der Waals surface area contributed by atoms with E-state index in [1.165, 1.54) is 12.1 Å². The topological polar surface area (TPSA) is 69.6 Å². The Hall–Kier alpha value is -1.63. The van der Waals surface area contributed by atoms with E-state index in [1.807, 2.05) is 0 Å². The molecule has 0 aliphatic carbocycles. The van der Waals surface area contributed by atoms with E-state index in [2.05, 4.69) is 21.2 Å². The lowest BCUT2D eigenvalue weighted by atomic mass is 9.97. The molecule has 1 amide bonds. The zero-order valence-electron chi connectivity index (χ0n) is 11.3. The number of carbonyl (C=O) groups is 2. The maximum absolute atomic E-state index is 13.0. The molecule has 1 saturated heterocycles. The van der Waals surface area contributed by atoms with Crippen LogP contribution < -0.4 is 5.32 Å². The summed E-state index contributed by atoms with van der Waals surface area (Å²) in [6.45, 7) is 1.02. The van der Waals surface area contributed by atoms with Crippen LogP contribution in [0.1, 0.15) is 12.8 Å². The number of nitrogens with zero attached hydrogens (tertiary/aromatic N) is 1. The number of benzene rings is 1. The first kappa shape index (κ1) is 15.8. The predicted octanol–water partition coefficient (Wildman–Crippen LogP) is 2.32. The predicted molar refractivity (Wildman–Crippen MR) is 79.5 cm³/mol. The van der Waals surface area contributed by atoms with Gasteiger partial charge in [-0.3, -0.25) is 9.59 Å². The van der Waals surface area contributed by atoms with Crippen LogP contribution in [0.3, 0.4) is 0 Å². The molecule has 0 saturated carbocycles. The molecule has 0 unspecified atom stereocenters. The number of carbonyl (C=O) groups excluding carboxylic acids is 1. The molecule has 1 aliphatic rings. The number of halogens is 2. The van der Waals surface area contributed by atoms with Crippen LogP contribution in [-0.2, 0) is 9.59 Å². The number of likely N-dealkylation sites (tertiary alicyclic amines) is 1. The Labute approximate surface area is 130 Å². The van der Waals surface area contributed by atoms with Crippen molar-refractivity contribution in [2.24, 2.45) is 5.92 Å². The highest BCUT2D eigenvalue weighted by Gasteiger charge is 2.26. The van der Waals surface area contributed by atoms with Crippen LogP contribution in [-0.4, -0.2) is 41.5 Å². The molecule has 1 fully saturated rings. The van der Waals surface area contributed by atoms with Crippen molar-refractivity contribution in [3.8, 4) is 0 Å². The van der Waals surface area contributed by atoms with Crippen molar-refractivity contribution in [1.29, 1.82) is 0 Å². The summed E-state index contributed by atoms with van der Waals surface area (Å²) in [5, 5.41) is 11.9. The second kappa shape index (κ2) is 6.89. The van der Waals surface area contributed by atoms with Gasteiger partial charge in [0.25, 0.3) is 0 Å². The number of piperidine rings is 1. The summed E-state index contributed by atoms with van der Waals surface area (Å²) in [5.74, 6) is -1.59. The molecule has 0 spiro atoms. The van der Waals surface area contributed by atoms with Crippen LogP contribution in [0.15, 0.2) is 22.7 Å². The Morgan fingerprint density at radius 1 is 1.38 bits per heavy atom. The van der Waals surface area contributed by atoms with Crippen molar-refractivity contribution < 1.29 is 19.1 Å². The van der Waals surface area contributed by atoms with E-state index in [1.54, 1.807) is 11.0 Å². The minimum Gasteiger partial charge on any atom is -0.481 e. The first-order valence-electron chi connectivity index (χ1n) is 6.67. The normalized spacial score (nSPS) is 15.8. The highest BCUT2D eigenvalue weighted by atomic mass is 79.9. The van der Waals surface area contributed by atoms with Crippen LogP contribution in [0, 0.1) is 11.7 Å². The molecular formula is C14H16BrFN2O3. The third-order valence-corrected chi connectivity index (χ3v) is 4.21. The number of amides is 1. The zero-order valence-corrected chi connectivity index (χ0v) is 12.9. The molecule has 2 N–H and O–H groups in total. The number of rotatable bonds is 4. The van der Waals surface area contributed by atoms with Gasteiger partial charge < -0.3 is 15.3 Å². The first-order valence-corrected chi connectivity index (χ1v) is 7.46. The van der Waals surface area contributed by atoms with Gasteiger partial charge in [0.2, 0.25) is 5.91 Å². The second-order valence-electron chi connectivity index (χ2n) is 4.97. The summed E-state index contributed by atoms with van der Waals surface area (Å²) in [4.78, 5) is 24.6. The number of nitrogens with one attached hydrogen (secondary N) is 1. The van der Waals surface area contributed by atoms with Gasteiger partial charge in [-0.25, -0.2) is 4.39 Å². The highest BCUT2D eigenvalue weighted by Crippen LogP contribution is 2.23.